The molecular formula is C24H34N2O3. The third kappa shape index (κ3) is 4.67. The number of carbonyl (C=O) groups is 1. The van der Waals surface area contributed by atoms with Crippen molar-refractivity contribution in [1.82, 2.24) is 9.38 Å². The van der Waals surface area contributed by atoms with Gasteiger partial charge in [0.05, 0.1) is 5.69 Å². The lowest BCUT2D eigenvalue weighted by molar-refractivity contribution is -0.137. The Kier molecular flexibility index (Phi) is 9.56. The van der Waals surface area contributed by atoms with Crippen molar-refractivity contribution in [1.29, 1.82) is 0 Å². The van der Waals surface area contributed by atoms with Gasteiger partial charge in [-0.2, -0.15) is 0 Å². The molecule has 0 saturated carbocycles. The number of nitrogens with zero attached hydrogens (tertiary/aromatic N) is 2. The van der Waals surface area contributed by atoms with Crippen molar-refractivity contribution in [2.45, 2.75) is 67.6 Å². The standard InChI is InChI=1S/C18H16N2O3.3C2H6/c1-10-11(2)20-9-8-13-14(21)15(22)16(12-6-4-3-5-7-12)23-17(13)18(20)19-10;3*1-2/h3-9,14,16,21H,1-2H3;3*1-2H3. The smallest absolute Gasteiger partial charge is 0.210 e. The molecule has 5 heteroatoms. The maximum atomic E-state index is 12.5. The van der Waals surface area contributed by atoms with Gasteiger partial charge in [-0.3, -0.25) is 4.79 Å². The molecule has 2 unspecified atom stereocenters. The maximum Gasteiger partial charge on any atom is 0.210 e. The number of aryl methyl sites for hydroxylation is 2. The van der Waals surface area contributed by atoms with Crippen LogP contribution in [-0.2, 0) is 4.79 Å². The summed E-state index contributed by atoms with van der Waals surface area (Å²) >= 11 is 0. The molecule has 5 nitrogen and oxygen atoms in total. The predicted octanol–water partition coefficient (Wildman–Crippen LogP) is 5.77. The van der Waals surface area contributed by atoms with Crippen molar-refractivity contribution < 1.29 is 14.6 Å². The Labute approximate surface area is 174 Å². The van der Waals surface area contributed by atoms with Crippen molar-refractivity contribution >= 4 is 11.4 Å². The van der Waals surface area contributed by atoms with Crippen molar-refractivity contribution in [2.24, 2.45) is 0 Å². The monoisotopic (exact) mass is 398 g/mol. The Morgan fingerprint density at radius 2 is 1.55 bits per heavy atom. The third-order valence-corrected chi connectivity index (χ3v) is 4.42. The van der Waals surface area contributed by atoms with E-state index in [9.17, 15) is 9.90 Å². The summed E-state index contributed by atoms with van der Waals surface area (Å²) in [6.45, 7) is 15.9. The number of ketones is 1. The van der Waals surface area contributed by atoms with Crippen LogP contribution in [0.15, 0.2) is 42.6 Å². The number of pyridine rings is 1. The molecular weight excluding hydrogens is 364 g/mol. The largest absolute Gasteiger partial charge is 0.473 e. The first-order valence-corrected chi connectivity index (χ1v) is 10.5. The molecule has 2 atom stereocenters. The van der Waals surface area contributed by atoms with E-state index in [4.69, 9.17) is 4.74 Å². The second-order valence-corrected chi connectivity index (χ2v) is 5.79. The third-order valence-electron chi connectivity index (χ3n) is 4.42. The maximum absolute atomic E-state index is 12.5. The Morgan fingerprint density at radius 1 is 0.966 bits per heavy atom. The fourth-order valence-corrected chi connectivity index (χ4v) is 3.00. The molecule has 0 radical (unpaired) electrons. The van der Waals surface area contributed by atoms with Gasteiger partial charge in [0.25, 0.3) is 0 Å². The van der Waals surface area contributed by atoms with Gasteiger partial charge in [-0.25, -0.2) is 4.98 Å². The molecule has 29 heavy (non-hydrogen) atoms. The van der Waals surface area contributed by atoms with Gasteiger partial charge < -0.3 is 14.2 Å². The summed E-state index contributed by atoms with van der Waals surface area (Å²) in [4.78, 5) is 17.0. The molecule has 3 heterocycles. The summed E-state index contributed by atoms with van der Waals surface area (Å²) in [5.74, 6) is 0.123. The molecule has 0 amide bonds. The van der Waals surface area contributed by atoms with Crippen molar-refractivity contribution in [3.8, 4) is 5.75 Å². The number of Topliss-reactive ketones (excluding diaryl/α,β-unsaturated/α-hetero) is 1. The molecule has 0 saturated heterocycles. The first-order chi connectivity index (χ1) is 14.1. The fraction of sp³-hybridized carbons (Fsp3) is 0.417. The molecule has 158 valence electrons. The molecule has 0 bridgehead atoms. The first-order valence-electron chi connectivity index (χ1n) is 10.5. The predicted molar refractivity (Wildman–Crippen MR) is 118 cm³/mol. The molecule has 4 rings (SSSR count). The van der Waals surface area contributed by atoms with Gasteiger partial charge in [-0.05, 0) is 25.5 Å². The van der Waals surface area contributed by atoms with E-state index in [-0.39, 0.29) is 5.78 Å². The van der Waals surface area contributed by atoms with E-state index in [1.807, 2.05) is 96.3 Å². The van der Waals surface area contributed by atoms with Gasteiger partial charge in [-0.1, -0.05) is 71.9 Å². The number of carbonyl (C=O) groups excluding carboxylic acids is 1. The molecule has 0 fully saturated rings. The van der Waals surface area contributed by atoms with Crippen molar-refractivity contribution in [2.75, 3.05) is 0 Å². The summed E-state index contributed by atoms with van der Waals surface area (Å²) in [6, 6.07) is 10.9. The lowest BCUT2D eigenvalue weighted by atomic mass is 9.94. The summed E-state index contributed by atoms with van der Waals surface area (Å²) in [5, 5.41) is 10.4. The van der Waals surface area contributed by atoms with Crippen LogP contribution in [0.5, 0.6) is 5.75 Å². The minimum atomic E-state index is -1.20. The van der Waals surface area contributed by atoms with Gasteiger partial charge in [0.1, 0.15) is 6.10 Å². The highest BCUT2D eigenvalue weighted by Gasteiger charge is 2.38. The summed E-state index contributed by atoms with van der Waals surface area (Å²) < 4.78 is 7.90. The second kappa shape index (κ2) is 11.4. The van der Waals surface area contributed by atoms with Crippen molar-refractivity contribution in [3.63, 3.8) is 0 Å². The number of hydrogen-bond acceptors (Lipinski definition) is 4. The molecule has 0 spiro atoms. The highest BCUT2D eigenvalue weighted by atomic mass is 16.5. The highest BCUT2D eigenvalue weighted by Crippen LogP contribution is 2.41. The number of benzene rings is 1. The van der Waals surface area contributed by atoms with Crippen LogP contribution in [0.4, 0.5) is 0 Å². The average molecular weight is 399 g/mol. The quantitative estimate of drug-likeness (QED) is 0.565. The Hall–Kier alpha value is -2.66. The van der Waals surface area contributed by atoms with Gasteiger partial charge >= 0.3 is 0 Å². The topological polar surface area (TPSA) is 63.8 Å². The number of aliphatic hydroxyl groups is 1. The van der Waals surface area contributed by atoms with Crippen LogP contribution in [0.3, 0.4) is 0 Å². The number of aliphatic hydroxyl groups excluding tert-OH is 1. The minimum Gasteiger partial charge on any atom is -0.473 e. The molecule has 1 aliphatic heterocycles. The summed E-state index contributed by atoms with van der Waals surface area (Å²) in [5.41, 5.74) is 3.73. The molecule has 1 aromatic carbocycles. The van der Waals surface area contributed by atoms with Crippen LogP contribution >= 0.6 is 0 Å². The number of hydrogen-bond donors (Lipinski definition) is 1. The summed E-state index contributed by atoms with van der Waals surface area (Å²) in [6.07, 6.45) is -0.208. The zero-order valence-corrected chi connectivity index (χ0v) is 18.9. The van der Waals surface area contributed by atoms with Gasteiger partial charge in [0.2, 0.25) is 5.78 Å². The SMILES string of the molecule is CC.CC.CC.Cc1nc2c3c(ccn2c1C)C(O)C(=O)C(c1ccccc1)O3. The van der Waals surface area contributed by atoms with Crippen LogP contribution in [0.25, 0.3) is 5.65 Å². The number of fused-ring (bicyclic) bond motifs is 3. The minimum absolute atomic E-state index is 0.354. The van der Waals surface area contributed by atoms with Gasteiger partial charge in [0.15, 0.2) is 17.5 Å². The van der Waals surface area contributed by atoms with E-state index >= 15 is 0 Å². The van der Waals surface area contributed by atoms with E-state index in [1.54, 1.807) is 6.07 Å². The number of aromatic nitrogens is 2. The van der Waals surface area contributed by atoms with Crippen LogP contribution in [0, 0.1) is 13.8 Å². The average Bonchev–Trinajstić information content (AvgIpc) is 3.09. The highest BCUT2D eigenvalue weighted by molar-refractivity contribution is 5.92. The first kappa shape index (κ1) is 24.4. The van der Waals surface area contributed by atoms with E-state index < -0.39 is 12.2 Å². The normalized spacial score (nSPS) is 16.8. The molecule has 1 aliphatic rings. The number of imidazole rings is 1. The van der Waals surface area contributed by atoms with Crippen LogP contribution in [0.2, 0.25) is 0 Å². The number of ether oxygens (including phenoxy) is 1. The zero-order valence-electron chi connectivity index (χ0n) is 18.9. The van der Waals surface area contributed by atoms with Crippen LogP contribution in [0.1, 0.15) is 76.3 Å². The molecule has 2 aromatic heterocycles. The lowest BCUT2D eigenvalue weighted by Crippen LogP contribution is -2.30. The van der Waals surface area contributed by atoms with E-state index in [0.29, 0.717) is 17.0 Å². The Balaban J connectivity index is 0.000000644. The van der Waals surface area contributed by atoms with E-state index in [2.05, 4.69) is 4.98 Å². The Morgan fingerprint density at radius 3 is 2.14 bits per heavy atom. The van der Waals surface area contributed by atoms with Crippen LogP contribution in [-0.4, -0.2) is 20.3 Å². The van der Waals surface area contributed by atoms with E-state index in [0.717, 1.165) is 17.0 Å². The second-order valence-electron chi connectivity index (χ2n) is 5.79. The fourth-order valence-electron chi connectivity index (χ4n) is 3.00. The van der Waals surface area contributed by atoms with E-state index in [1.165, 1.54) is 0 Å². The Bertz CT molecular complexity index is 917. The lowest BCUT2D eigenvalue weighted by Gasteiger charge is -2.28. The van der Waals surface area contributed by atoms with Gasteiger partial charge in [-0.15, -0.1) is 0 Å². The molecule has 3 aromatic rings. The van der Waals surface area contributed by atoms with Gasteiger partial charge in [0, 0.05) is 17.5 Å². The van der Waals surface area contributed by atoms with Crippen LogP contribution < -0.4 is 4.74 Å². The molecule has 1 N–H and O–H groups in total. The zero-order chi connectivity index (χ0) is 22.1. The summed E-state index contributed by atoms with van der Waals surface area (Å²) in [7, 11) is 0. The molecule has 0 aliphatic carbocycles. The van der Waals surface area contributed by atoms with Crippen molar-refractivity contribution in [3.05, 3.63) is 65.1 Å². The number of rotatable bonds is 1.